The van der Waals surface area contributed by atoms with E-state index >= 15 is 0 Å². The smallest absolute Gasteiger partial charge is 0.278 e. The Labute approximate surface area is 165 Å². The summed E-state index contributed by atoms with van der Waals surface area (Å²) in [6, 6.07) is 7.80. The summed E-state index contributed by atoms with van der Waals surface area (Å²) in [5.41, 5.74) is 1.04. The number of carbonyl (C=O) groups excluding carboxylic acids is 1. The maximum absolute atomic E-state index is 13.9. The third kappa shape index (κ3) is 3.43. The number of anilines is 1. The molecule has 0 spiro atoms. The summed E-state index contributed by atoms with van der Waals surface area (Å²) >= 11 is 9.38. The van der Waals surface area contributed by atoms with Gasteiger partial charge in [0.25, 0.3) is 5.91 Å². The fourth-order valence-corrected chi connectivity index (χ4v) is 3.31. The molecule has 0 unspecified atom stereocenters. The van der Waals surface area contributed by atoms with Crippen LogP contribution in [0.2, 0.25) is 5.02 Å². The molecule has 0 aliphatic heterocycles. The van der Waals surface area contributed by atoms with Crippen LogP contribution in [0.4, 0.5) is 10.2 Å². The Morgan fingerprint density at radius 2 is 2.07 bits per heavy atom. The van der Waals surface area contributed by atoms with Crippen molar-refractivity contribution in [1.82, 2.24) is 24.4 Å². The van der Waals surface area contributed by atoms with Crippen molar-refractivity contribution >= 4 is 44.9 Å². The summed E-state index contributed by atoms with van der Waals surface area (Å²) < 4.78 is 17.4. The number of nitrogens with zero attached hydrogens (tertiary/aromatic N) is 5. The highest BCUT2D eigenvalue weighted by molar-refractivity contribution is 9.10. The van der Waals surface area contributed by atoms with Gasteiger partial charge in [0, 0.05) is 35.2 Å². The summed E-state index contributed by atoms with van der Waals surface area (Å²) in [6.07, 6.45) is 4.92. The van der Waals surface area contributed by atoms with Gasteiger partial charge in [-0.05, 0) is 34.1 Å². The quantitative estimate of drug-likeness (QED) is 0.514. The first kappa shape index (κ1) is 17.6. The molecule has 0 aliphatic rings. The first-order valence-corrected chi connectivity index (χ1v) is 8.96. The van der Waals surface area contributed by atoms with E-state index in [1.165, 1.54) is 21.3 Å². The van der Waals surface area contributed by atoms with Gasteiger partial charge in [-0.15, -0.1) is 0 Å². The van der Waals surface area contributed by atoms with E-state index in [2.05, 4.69) is 36.4 Å². The molecule has 27 heavy (non-hydrogen) atoms. The molecule has 0 saturated heterocycles. The molecule has 1 aromatic carbocycles. The van der Waals surface area contributed by atoms with Crippen LogP contribution in [-0.4, -0.2) is 30.3 Å². The maximum Gasteiger partial charge on any atom is 0.278 e. The highest BCUT2D eigenvalue weighted by Gasteiger charge is 2.19. The van der Waals surface area contributed by atoms with Crippen molar-refractivity contribution in [1.29, 1.82) is 0 Å². The van der Waals surface area contributed by atoms with Crippen molar-refractivity contribution in [3.05, 3.63) is 75.5 Å². The molecule has 7 nitrogen and oxygen atoms in total. The Balaban J connectivity index is 1.53. The van der Waals surface area contributed by atoms with E-state index in [0.29, 0.717) is 26.5 Å². The topological polar surface area (TPSA) is 77.1 Å². The fourth-order valence-electron chi connectivity index (χ4n) is 2.54. The van der Waals surface area contributed by atoms with Crippen molar-refractivity contribution in [3.63, 3.8) is 0 Å². The molecule has 0 fully saturated rings. The number of amides is 1. The monoisotopic (exact) mass is 448 g/mol. The lowest BCUT2D eigenvalue weighted by molar-refractivity contribution is 0.102. The molecular weight excluding hydrogens is 439 g/mol. The Morgan fingerprint density at radius 1 is 1.22 bits per heavy atom. The minimum absolute atomic E-state index is 0.142. The molecule has 136 valence electrons. The second-order valence-electron chi connectivity index (χ2n) is 5.60. The summed E-state index contributed by atoms with van der Waals surface area (Å²) in [5.74, 6) is -0.546. The molecule has 3 heterocycles. The highest BCUT2D eigenvalue weighted by atomic mass is 79.9. The maximum atomic E-state index is 13.9. The van der Waals surface area contributed by atoms with Gasteiger partial charge in [-0.2, -0.15) is 10.2 Å². The highest BCUT2D eigenvalue weighted by Crippen LogP contribution is 2.22. The van der Waals surface area contributed by atoms with Crippen molar-refractivity contribution in [3.8, 4) is 0 Å². The molecule has 3 aromatic heterocycles. The summed E-state index contributed by atoms with van der Waals surface area (Å²) in [6.45, 7) is 0.142. The van der Waals surface area contributed by atoms with Crippen molar-refractivity contribution in [2.45, 2.75) is 6.54 Å². The van der Waals surface area contributed by atoms with Crippen LogP contribution in [-0.2, 0) is 6.54 Å². The molecule has 1 amide bonds. The predicted octanol–water partition coefficient (Wildman–Crippen LogP) is 3.78. The summed E-state index contributed by atoms with van der Waals surface area (Å²) in [4.78, 5) is 16.7. The van der Waals surface area contributed by atoms with E-state index < -0.39 is 11.7 Å². The van der Waals surface area contributed by atoms with Gasteiger partial charge < -0.3 is 5.32 Å². The van der Waals surface area contributed by atoms with E-state index in [0.717, 1.165) is 0 Å². The van der Waals surface area contributed by atoms with Gasteiger partial charge in [0.15, 0.2) is 17.2 Å². The number of fused-ring (bicyclic) bond motifs is 1. The van der Waals surface area contributed by atoms with Crippen LogP contribution in [0.5, 0.6) is 0 Å². The fraction of sp³-hybridized carbons (Fsp3) is 0.0588. The molecule has 0 bridgehead atoms. The Kier molecular flexibility index (Phi) is 4.63. The number of carbonyl (C=O) groups is 1. The van der Waals surface area contributed by atoms with E-state index in [1.54, 1.807) is 36.8 Å². The van der Waals surface area contributed by atoms with Gasteiger partial charge in [0.1, 0.15) is 5.82 Å². The number of hydrogen-bond donors (Lipinski definition) is 1. The third-order valence-electron chi connectivity index (χ3n) is 3.82. The zero-order valence-electron chi connectivity index (χ0n) is 13.6. The van der Waals surface area contributed by atoms with Gasteiger partial charge in [-0.25, -0.2) is 13.9 Å². The molecule has 0 aliphatic carbocycles. The van der Waals surface area contributed by atoms with Crippen LogP contribution in [0, 0.1) is 5.82 Å². The number of hydrogen-bond acceptors (Lipinski definition) is 4. The average Bonchev–Trinajstić information content (AvgIpc) is 3.23. The standard InChI is InChI=1S/C17H11BrClFN6O/c18-14-15(24-26-7-2-6-21-16(14)26)17(27)22-13-5-8-25(23-13)9-10-11(19)3-1-4-12(10)20/h1-8H,9H2,(H,22,23,27). The van der Waals surface area contributed by atoms with E-state index in [9.17, 15) is 9.18 Å². The lowest BCUT2D eigenvalue weighted by Crippen LogP contribution is -2.14. The van der Waals surface area contributed by atoms with Gasteiger partial charge in [-0.3, -0.25) is 9.48 Å². The zero-order chi connectivity index (χ0) is 19.0. The normalized spacial score (nSPS) is 11.1. The zero-order valence-corrected chi connectivity index (χ0v) is 15.9. The second-order valence-corrected chi connectivity index (χ2v) is 6.80. The van der Waals surface area contributed by atoms with Gasteiger partial charge in [0.2, 0.25) is 0 Å². The SMILES string of the molecule is O=C(Nc1ccn(Cc2c(F)cccc2Cl)n1)c1nn2cccnc2c1Br. The minimum Gasteiger partial charge on any atom is -0.304 e. The molecule has 0 radical (unpaired) electrons. The first-order chi connectivity index (χ1) is 13.0. The van der Waals surface area contributed by atoms with E-state index in [-0.39, 0.29) is 12.2 Å². The lowest BCUT2D eigenvalue weighted by Gasteiger charge is -2.06. The average molecular weight is 450 g/mol. The van der Waals surface area contributed by atoms with Crippen molar-refractivity contribution in [2.75, 3.05) is 5.32 Å². The molecule has 1 N–H and O–H groups in total. The van der Waals surface area contributed by atoms with Gasteiger partial charge in [-0.1, -0.05) is 17.7 Å². The Hall–Kier alpha value is -2.78. The van der Waals surface area contributed by atoms with Crippen LogP contribution in [0.1, 0.15) is 16.1 Å². The first-order valence-electron chi connectivity index (χ1n) is 7.79. The number of halogens is 3. The van der Waals surface area contributed by atoms with Gasteiger partial charge >= 0.3 is 0 Å². The van der Waals surface area contributed by atoms with Crippen molar-refractivity contribution < 1.29 is 9.18 Å². The molecule has 4 aromatic rings. The molecule has 4 rings (SSSR count). The predicted molar refractivity (Wildman–Crippen MR) is 101 cm³/mol. The third-order valence-corrected chi connectivity index (χ3v) is 4.90. The lowest BCUT2D eigenvalue weighted by atomic mass is 10.2. The number of benzene rings is 1. The molecule has 0 atom stereocenters. The van der Waals surface area contributed by atoms with Crippen LogP contribution in [0.15, 0.2) is 53.4 Å². The Morgan fingerprint density at radius 3 is 2.85 bits per heavy atom. The summed E-state index contributed by atoms with van der Waals surface area (Å²) in [7, 11) is 0. The van der Waals surface area contributed by atoms with Gasteiger partial charge in [0.05, 0.1) is 11.0 Å². The van der Waals surface area contributed by atoms with Crippen LogP contribution >= 0.6 is 27.5 Å². The molecular formula is C17H11BrClFN6O. The second kappa shape index (κ2) is 7.09. The van der Waals surface area contributed by atoms with E-state index in [1.807, 2.05) is 0 Å². The van der Waals surface area contributed by atoms with E-state index in [4.69, 9.17) is 11.6 Å². The number of nitrogens with one attached hydrogen (secondary N) is 1. The number of rotatable bonds is 4. The van der Waals surface area contributed by atoms with Crippen LogP contribution in [0.25, 0.3) is 5.65 Å². The van der Waals surface area contributed by atoms with Crippen molar-refractivity contribution in [2.24, 2.45) is 0 Å². The summed E-state index contributed by atoms with van der Waals surface area (Å²) in [5, 5.41) is 11.4. The van der Waals surface area contributed by atoms with Crippen LogP contribution < -0.4 is 5.32 Å². The molecule has 0 saturated carbocycles. The molecule has 10 heteroatoms. The van der Waals surface area contributed by atoms with Crippen LogP contribution in [0.3, 0.4) is 0 Å². The number of aromatic nitrogens is 5. The minimum atomic E-state index is -0.443. The Bertz CT molecular complexity index is 1140. The largest absolute Gasteiger partial charge is 0.304 e.